The molecule has 1 rings (SSSR count). The predicted octanol–water partition coefficient (Wildman–Crippen LogP) is 12.7. The van der Waals surface area contributed by atoms with E-state index < -0.39 is 59.8 Å². The van der Waals surface area contributed by atoms with E-state index in [1.807, 2.05) is 0 Å². The summed E-state index contributed by atoms with van der Waals surface area (Å²) in [6, 6.07) is 0. The third kappa shape index (κ3) is 38.5. The summed E-state index contributed by atoms with van der Waals surface area (Å²) in [5, 5.41) is 30.8. The predicted molar refractivity (Wildman–Crippen MR) is 271 cm³/mol. The summed E-state index contributed by atoms with van der Waals surface area (Å²) in [6.45, 7) is 3.94. The summed E-state index contributed by atoms with van der Waals surface area (Å²) in [5.74, 6) is -0.403. The SMILES string of the molecule is CCCC/C=C\C/C=C\CCCCCCCCOCC(COC1OC(CO)C(O)C(OS(=O)(=O)O)C1O)OC(=O)CCCCCCCCCCCCCCC/C=C\C/C=C\CCCCCCC. The van der Waals surface area contributed by atoms with Gasteiger partial charge in [-0.2, -0.15) is 8.42 Å². The Morgan fingerprint density at radius 1 is 0.567 bits per heavy atom. The van der Waals surface area contributed by atoms with E-state index in [0.717, 1.165) is 70.6 Å². The first-order valence-electron chi connectivity index (χ1n) is 26.9. The molecule has 67 heavy (non-hydrogen) atoms. The molecule has 1 aliphatic rings. The van der Waals surface area contributed by atoms with Gasteiger partial charge in [-0.05, 0) is 70.6 Å². The Hall–Kier alpha value is -1.94. The molecular weight excluding hydrogens is 873 g/mol. The molecule has 12 nitrogen and oxygen atoms in total. The maximum absolute atomic E-state index is 12.9. The van der Waals surface area contributed by atoms with Crippen molar-refractivity contribution in [2.75, 3.05) is 26.4 Å². The zero-order valence-corrected chi connectivity index (χ0v) is 43.0. The Kier molecular flexibility index (Phi) is 42.6. The van der Waals surface area contributed by atoms with E-state index in [4.69, 9.17) is 18.9 Å². The molecule has 6 atom stereocenters. The Morgan fingerprint density at radius 3 is 1.46 bits per heavy atom. The lowest BCUT2D eigenvalue weighted by Gasteiger charge is -2.41. The van der Waals surface area contributed by atoms with Crippen LogP contribution in [-0.4, -0.2) is 97.5 Å². The van der Waals surface area contributed by atoms with Crippen molar-refractivity contribution >= 4 is 16.4 Å². The quantitative estimate of drug-likeness (QED) is 0.0197. The van der Waals surface area contributed by atoms with Crippen molar-refractivity contribution < 1.29 is 56.2 Å². The topological polar surface area (TPSA) is 178 Å². The molecule has 392 valence electrons. The summed E-state index contributed by atoms with van der Waals surface area (Å²) in [5.41, 5.74) is 0. The highest BCUT2D eigenvalue weighted by atomic mass is 32.3. The monoisotopic (exact) mass is 971 g/mol. The van der Waals surface area contributed by atoms with Crippen LogP contribution in [0, 0.1) is 0 Å². The zero-order chi connectivity index (χ0) is 48.9. The van der Waals surface area contributed by atoms with Gasteiger partial charge in [-0.1, -0.05) is 197 Å². The zero-order valence-electron chi connectivity index (χ0n) is 42.2. The first kappa shape index (κ1) is 63.1. The van der Waals surface area contributed by atoms with Gasteiger partial charge in [0.25, 0.3) is 0 Å². The van der Waals surface area contributed by atoms with Crippen molar-refractivity contribution in [1.29, 1.82) is 0 Å². The fourth-order valence-electron chi connectivity index (χ4n) is 8.07. The maximum Gasteiger partial charge on any atom is 0.397 e. The van der Waals surface area contributed by atoms with Crippen molar-refractivity contribution in [3.63, 3.8) is 0 Å². The van der Waals surface area contributed by atoms with E-state index in [1.54, 1.807) is 0 Å². The van der Waals surface area contributed by atoms with Gasteiger partial charge in [0.2, 0.25) is 0 Å². The van der Waals surface area contributed by atoms with Crippen LogP contribution < -0.4 is 0 Å². The number of aliphatic hydroxyl groups is 3. The van der Waals surface area contributed by atoms with E-state index in [2.05, 4.69) is 66.6 Å². The van der Waals surface area contributed by atoms with E-state index in [-0.39, 0.29) is 19.6 Å². The largest absolute Gasteiger partial charge is 0.457 e. The first-order chi connectivity index (χ1) is 32.6. The smallest absolute Gasteiger partial charge is 0.397 e. The first-order valence-corrected chi connectivity index (χ1v) is 28.3. The second-order valence-electron chi connectivity index (χ2n) is 18.5. The molecule has 0 aromatic rings. The molecule has 1 saturated heterocycles. The van der Waals surface area contributed by atoms with Crippen LogP contribution in [0.3, 0.4) is 0 Å². The molecule has 0 spiro atoms. The van der Waals surface area contributed by atoms with Crippen molar-refractivity contribution in [1.82, 2.24) is 0 Å². The Morgan fingerprint density at radius 2 is 1.00 bits per heavy atom. The van der Waals surface area contributed by atoms with Crippen molar-refractivity contribution in [2.45, 2.75) is 263 Å². The minimum absolute atomic E-state index is 0.0287. The van der Waals surface area contributed by atoms with Crippen LogP contribution in [0.2, 0.25) is 0 Å². The molecule has 6 unspecified atom stereocenters. The van der Waals surface area contributed by atoms with E-state index in [1.165, 1.54) is 128 Å². The minimum Gasteiger partial charge on any atom is -0.457 e. The van der Waals surface area contributed by atoms with Crippen LogP contribution in [0.15, 0.2) is 48.6 Å². The molecule has 1 aliphatic heterocycles. The third-order valence-electron chi connectivity index (χ3n) is 12.2. The molecular formula is C54H98O12S. The van der Waals surface area contributed by atoms with Crippen molar-refractivity contribution in [3.05, 3.63) is 48.6 Å². The van der Waals surface area contributed by atoms with Crippen LogP contribution in [0.4, 0.5) is 0 Å². The molecule has 0 aromatic heterocycles. The number of aliphatic hydroxyl groups excluding tert-OH is 3. The lowest BCUT2D eigenvalue weighted by Crippen LogP contribution is -2.60. The van der Waals surface area contributed by atoms with E-state index in [0.29, 0.717) is 13.0 Å². The number of rotatable bonds is 47. The lowest BCUT2D eigenvalue weighted by molar-refractivity contribution is -0.301. The van der Waals surface area contributed by atoms with Gasteiger partial charge in [-0.25, -0.2) is 4.18 Å². The Balaban J connectivity index is 2.31. The molecule has 0 saturated carbocycles. The Labute approximate surface area is 408 Å². The number of esters is 1. The number of hydrogen-bond donors (Lipinski definition) is 4. The molecule has 4 N–H and O–H groups in total. The van der Waals surface area contributed by atoms with Crippen LogP contribution in [0.5, 0.6) is 0 Å². The van der Waals surface area contributed by atoms with Gasteiger partial charge in [0, 0.05) is 13.0 Å². The van der Waals surface area contributed by atoms with Crippen LogP contribution >= 0.6 is 0 Å². The summed E-state index contributed by atoms with van der Waals surface area (Å²) >= 11 is 0. The highest BCUT2D eigenvalue weighted by molar-refractivity contribution is 7.80. The molecule has 0 aromatic carbocycles. The van der Waals surface area contributed by atoms with Gasteiger partial charge < -0.3 is 34.3 Å². The average molecular weight is 971 g/mol. The standard InChI is InChI=1S/C54H98O12S/c1-3-5-7-9-11-13-15-17-19-20-21-22-23-24-25-26-27-28-29-31-33-35-37-39-41-43-50(56)64-48(47-63-54-52(58)53(66-67(59,60)61)51(57)49(45-55)65-54)46-62-44-42-40-38-36-34-32-30-18-16-14-12-10-8-6-4-2/h10,12,15-18,20-21,48-49,51-55,57-58H,3-9,11,13-14,19,22-47H2,1-2H3,(H,59,60,61)/b12-10-,17-15-,18-16-,21-20-. The molecule has 1 fully saturated rings. The van der Waals surface area contributed by atoms with Crippen molar-refractivity contribution in [2.24, 2.45) is 0 Å². The summed E-state index contributed by atoms with van der Waals surface area (Å²) in [7, 11) is -5.07. The van der Waals surface area contributed by atoms with Crippen LogP contribution in [-0.2, 0) is 38.3 Å². The third-order valence-corrected chi connectivity index (χ3v) is 12.6. The number of hydrogen-bond acceptors (Lipinski definition) is 11. The van der Waals surface area contributed by atoms with Crippen molar-refractivity contribution in [3.8, 4) is 0 Å². The fourth-order valence-corrected chi connectivity index (χ4v) is 8.58. The van der Waals surface area contributed by atoms with Gasteiger partial charge in [-0.3, -0.25) is 9.35 Å². The normalized spacial score (nSPS) is 19.8. The molecule has 13 heteroatoms. The van der Waals surface area contributed by atoms with Gasteiger partial charge in [0.05, 0.1) is 19.8 Å². The highest BCUT2D eigenvalue weighted by Gasteiger charge is 2.48. The maximum atomic E-state index is 12.9. The molecule has 0 aliphatic carbocycles. The minimum atomic E-state index is -5.07. The average Bonchev–Trinajstić information content (AvgIpc) is 3.30. The fraction of sp³-hybridized carbons (Fsp3) is 0.833. The number of carbonyl (C=O) groups is 1. The summed E-state index contributed by atoms with van der Waals surface area (Å²) in [6.07, 6.45) is 47.2. The second kappa shape index (κ2) is 45.2. The van der Waals surface area contributed by atoms with Gasteiger partial charge in [-0.15, -0.1) is 0 Å². The van der Waals surface area contributed by atoms with E-state index in [9.17, 15) is 33.1 Å². The van der Waals surface area contributed by atoms with Gasteiger partial charge in [0.15, 0.2) is 6.29 Å². The molecule has 1 heterocycles. The second-order valence-corrected chi connectivity index (χ2v) is 19.5. The molecule has 0 radical (unpaired) electrons. The summed E-state index contributed by atoms with van der Waals surface area (Å²) in [4.78, 5) is 12.9. The van der Waals surface area contributed by atoms with Gasteiger partial charge >= 0.3 is 16.4 Å². The lowest BCUT2D eigenvalue weighted by atomic mass is 9.99. The highest BCUT2D eigenvalue weighted by Crippen LogP contribution is 2.26. The molecule has 0 amide bonds. The number of ether oxygens (including phenoxy) is 4. The van der Waals surface area contributed by atoms with Gasteiger partial charge in [0.1, 0.15) is 30.5 Å². The molecule has 0 bridgehead atoms. The Bertz CT molecular complexity index is 1350. The summed E-state index contributed by atoms with van der Waals surface area (Å²) < 4.78 is 59.3. The number of unbranched alkanes of at least 4 members (excludes halogenated alkanes) is 26. The van der Waals surface area contributed by atoms with Crippen LogP contribution in [0.25, 0.3) is 0 Å². The van der Waals surface area contributed by atoms with E-state index >= 15 is 0 Å². The number of carbonyl (C=O) groups excluding carboxylic acids is 1. The van der Waals surface area contributed by atoms with Crippen LogP contribution in [0.1, 0.15) is 226 Å². The number of allylic oxidation sites excluding steroid dienone is 8.